The van der Waals surface area contributed by atoms with Crippen LogP contribution in [0.1, 0.15) is 18.5 Å². The lowest BCUT2D eigenvalue weighted by atomic mass is 10.0. The first kappa shape index (κ1) is 24.5. The van der Waals surface area contributed by atoms with Crippen LogP contribution in [0.25, 0.3) is 10.9 Å². The highest BCUT2D eigenvalue weighted by Crippen LogP contribution is 2.31. The number of likely N-dealkylation sites (tertiary alicyclic amines) is 1. The Labute approximate surface area is 203 Å². The van der Waals surface area contributed by atoms with Gasteiger partial charge in [0.15, 0.2) is 0 Å². The number of nitrogens with one attached hydrogen (secondary N) is 2. The number of piperidine rings is 1. The van der Waals surface area contributed by atoms with E-state index in [-0.39, 0.29) is 6.54 Å². The van der Waals surface area contributed by atoms with Crippen molar-refractivity contribution in [1.82, 2.24) is 9.47 Å². The topological polar surface area (TPSA) is 70.6 Å². The van der Waals surface area contributed by atoms with Crippen molar-refractivity contribution >= 4 is 34.3 Å². The number of aliphatic imine (C=N–C) groups is 1. The molecule has 1 aromatic heterocycles. The number of rotatable bonds is 6. The second-order valence-electron chi connectivity index (χ2n) is 8.67. The number of benzene rings is 2. The standard InChI is InChI=1S/C26H29F3N6/c1-34-14-11-21(12-15-34)33-24-5-2-6-25-23(24)16-22(35(25)17-26(27,28)29)4-3-13-31-19-7-9-20(10-8-19)32-18-30/h2,5-10,16,18,21,31,33H,11-15,17H2,1H3,(H2,30,32). The monoisotopic (exact) mass is 482 g/mol. The number of halogens is 3. The van der Waals surface area contributed by atoms with E-state index in [0.717, 1.165) is 48.4 Å². The minimum Gasteiger partial charge on any atom is -0.390 e. The summed E-state index contributed by atoms with van der Waals surface area (Å²) in [5.74, 6) is 5.90. The summed E-state index contributed by atoms with van der Waals surface area (Å²) in [5.41, 5.74) is 8.55. The van der Waals surface area contributed by atoms with Gasteiger partial charge in [0.1, 0.15) is 6.54 Å². The third-order valence-electron chi connectivity index (χ3n) is 6.05. The molecule has 0 spiro atoms. The van der Waals surface area contributed by atoms with E-state index in [9.17, 15) is 13.2 Å². The van der Waals surface area contributed by atoms with E-state index in [1.54, 1.807) is 30.3 Å². The van der Waals surface area contributed by atoms with Crippen LogP contribution in [0.15, 0.2) is 53.5 Å². The van der Waals surface area contributed by atoms with Crippen molar-refractivity contribution in [2.24, 2.45) is 10.7 Å². The molecule has 4 N–H and O–H groups in total. The van der Waals surface area contributed by atoms with Crippen LogP contribution in [0, 0.1) is 11.8 Å². The molecule has 184 valence electrons. The number of fused-ring (bicyclic) bond motifs is 1. The lowest BCUT2D eigenvalue weighted by molar-refractivity contribution is -0.140. The van der Waals surface area contributed by atoms with E-state index in [2.05, 4.69) is 39.4 Å². The second-order valence-corrected chi connectivity index (χ2v) is 8.67. The van der Waals surface area contributed by atoms with Gasteiger partial charge in [-0.05, 0) is 81.4 Å². The van der Waals surface area contributed by atoms with Crippen LogP contribution in [0.2, 0.25) is 0 Å². The van der Waals surface area contributed by atoms with Crippen LogP contribution in [0.5, 0.6) is 0 Å². The smallest absolute Gasteiger partial charge is 0.390 e. The van der Waals surface area contributed by atoms with Crippen molar-refractivity contribution in [2.45, 2.75) is 31.6 Å². The number of anilines is 2. The number of nitrogens with zero attached hydrogens (tertiary/aromatic N) is 3. The Morgan fingerprint density at radius 3 is 2.57 bits per heavy atom. The summed E-state index contributed by atoms with van der Waals surface area (Å²) in [4.78, 5) is 6.27. The fourth-order valence-electron chi connectivity index (χ4n) is 4.27. The van der Waals surface area contributed by atoms with Gasteiger partial charge in [-0.15, -0.1) is 0 Å². The summed E-state index contributed by atoms with van der Waals surface area (Å²) in [6, 6.07) is 14.8. The van der Waals surface area contributed by atoms with Gasteiger partial charge in [-0.25, -0.2) is 4.99 Å². The maximum Gasteiger partial charge on any atom is 0.406 e. The van der Waals surface area contributed by atoms with Gasteiger partial charge in [0.25, 0.3) is 0 Å². The molecule has 1 saturated heterocycles. The predicted molar refractivity (Wildman–Crippen MR) is 136 cm³/mol. The molecule has 3 aromatic rings. The van der Waals surface area contributed by atoms with Gasteiger partial charge in [0.2, 0.25) is 0 Å². The average molecular weight is 483 g/mol. The molecule has 4 rings (SSSR count). The van der Waals surface area contributed by atoms with Crippen molar-refractivity contribution in [2.75, 3.05) is 37.3 Å². The molecule has 2 aromatic carbocycles. The van der Waals surface area contributed by atoms with Crippen LogP contribution in [0.4, 0.5) is 30.2 Å². The number of nitrogens with two attached hydrogens (primary N) is 1. The fourth-order valence-corrected chi connectivity index (χ4v) is 4.27. The maximum absolute atomic E-state index is 13.4. The third-order valence-corrected chi connectivity index (χ3v) is 6.05. The molecule has 35 heavy (non-hydrogen) atoms. The minimum atomic E-state index is -4.36. The van der Waals surface area contributed by atoms with Crippen LogP contribution in [-0.4, -0.2) is 54.7 Å². The molecule has 2 heterocycles. The Morgan fingerprint density at radius 2 is 1.89 bits per heavy atom. The van der Waals surface area contributed by atoms with E-state index >= 15 is 0 Å². The third kappa shape index (κ3) is 6.49. The zero-order valence-corrected chi connectivity index (χ0v) is 19.6. The summed E-state index contributed by atoms with van der Waals surface area (Å²) >= 11 is 0. The second kappa shape index (κ2) is 10.7. The molecule has 0 aliphatic carbocycles. The van der Waals surface area contributed by atoms with E-state index < -0.39 is 12.7 Å². The lowest BCUT2D eigenvalue weighted by Crippen LogP contribution is -2.36. The number of hydrogen-bond donors (Lipinski definition) is 3. The van der Waals surface area contributed by atoms with Crippen molar-refractivity contribution in [1.29, 1.82) is 0 Å². The fraction of sp³-hybridized carbons (Fsp3) is 0.346. The largest absolute Gasteiger partial charge is 0.406 e. The SMILES string of the molecule is CN1CCC(Nc2cccc3c2cc(C#CCNc2ccc(N=CN)cc2)n3CC(F)(F)F)CC1. The van der Waals surface area contributed by atoms with E-state index in [0.29, 0.717) is 17.3 Å². The van der Waals surface area contributed by atoms with Gasteiger partial charge < -0.3 is 25.8 Å². The molecule has 0 radical (unpaired) electrons. The minimum absolute atomic E-state index is 0.285. The van der Waals surface area contributed by atoms with Crippen molar-refractivity contribution in [3.05, 3.63) is 54.2 Å². The van der Waals surface area contributed by atoms with Crippen molar-refractivity contribution < 1.29 is 13.2 Å². The van der Waals surface area contributed by atoms with E-state index in [4.69, 9.17) is 5.73 Å². The van der Waals surface area contributed by atoms with Crippen LogP contribution < -0.4 is 16.4 Å². The molecule has 9 heteroatoms. The lowest BCUT2D eigenvalue weighted by Gasteiger charge is -2.30. The first-order valence-electron chi connectivity index (χ1n) is 11.5. The Balaban J connectivity index is 1.56. The summed E-state index contributed by atoms with van der Waals surface area (Å²) in [7, 11) is 2.10. The van der Waals surface area contributed by atoms with Gasteiger partial charge in [0, 0.05) is 22.8 Å². The van der Waals surface area contributed by atoms with Crippen LogP contribution in [-0.2, 0) is 6.54 Å². The van der Waals surface area contributed by atoms with Crippen molar-refractivity contribution in [3.63, 3.8) is 0 Å². The molecule has 1 aliphatic heterocycles. The van der Waals surface area contributed by atoms with Gasteiger partial charge in [-0.3, -0.25) is 0 Å². The van der Waals surface area contributed by atoms with Gasteiger partial charge in [-0.2, -0.15) is 13.2 Å². The summed E-state index contributed by atoms with van der Waals surface area (Å²) in [5, 5.41) is 7.45. The van der Waals surface area contributed by atoms with Crippen LogP contribution >= 0.6 is 0 Å². The molecular weight excluding hydrogens is 453 g/mol. The normalized spacial score (nSPS) is 15.3. The van der Waals surface area contributed by atoms with Gasteiger partial charge >= 0.3 is 6.18 Å². The Morgan fingerprint density at radius 1 is 1.14 bits per heavy atom. The Kier molecular flexibility index (Phi) is 7.51. The molecule has 0 unspecified atom stereocenters. The molecule has 1 aliphatic rings. The van der Waals surface area contributed by atoms with E-state index in [1.165, 1.54) is 10.9 Å². The van der Waals surface area contributed by atoms with Crippen LogP contribution in [0.3, 0.4) is 0 Å². The summed E-state index contributed by atoms with van der Waals surface area (Å²) in [6.07, 6.45) is -1.14. The van der Waals surface area contributed by atoms with Gasteiger partial charge in [0.05, 0.1) is 29.8 Å². The molecular formula is C26H29F3N6. The predicted octanol–water partition coefficient (Wildman–Crippen LogP) is 4.79. The average Bonchev–Trinajstić information content (AvgIpc) is 3.16. The number of hydrogen-bond acceptors (Lipinski definition) is 4. The highest BCUT2D eigenvalue weighted by atomic mass is 19.4. The summed E-state index contributed by atoms with van der Waals surface area (Å²) < 4.78 is 41.5. The molecule has 1 fully saturated rings. The quantitative estimate of drug-likeness (QED) is 0.268. The highest BCUT2D eigenvalue weighted by Gasteiger charge is 2.30. The number of alkyl halides is 3. The molecule has 0 saturated carbocycles. The maximum atomic E-state index is 13.4. The summed E-state index contributed by atoms with van der Waals surface area (Å²) in [6.45, 7) is 1.19. The van der Waals surface area contributed by atoms with E-state index in [1.807, 2.05) is 18.2 Å². The van der Waals surface area contributed by atoms with Gasteiger partial charge in [-0.1, -0.05) is 12.0 Å². The Hall–Kier alpha value is -3.64. The number of aromatic nitrogens is 1. The first-order valence-corrected chi connectivity index (χ1v) is 11.5. The van der Waals surface area contributed by atoms with Crippen molar-refractivity contribution in [3.8, 4) is 11.8 Å². The zero-order valence-electron chi connectivity index (χ0n) is 19.6. The highest BCUT2D eigenvalue weighted by molar-refractivity contribution is 5.94. The molecule has 0 atom stereocenters. The zero-order chi connectivity index (χ0) is 24.8. The first-order chi connectivity index (χ1) is 16.8. The molecule has 0 bridgehead atoms. The molecule has 0 amide bonds. The Bertz CT molecular complexity index is 1230. The molecule has 6 nitrogen and oxygen atoms in total.